The lowest BCUT2D eigenvalue weighted by Gasteiger charge is -2.02. The number of nitrogens with one attached hydrogen (secondary N) is 1. The minimum Gasteiger partial charge on any atom is -0.506 e. The molecule has 1 aliphatic heterocycles. The highest BCUT2D eigenvalue weighted by Crippen LogP contribution is 2.21. The van der Waals surface area contributed by atoms with Gasteiger partial charge >= 0.3 is 5.97 Å². The summed E-state index contributed by atoms with van der Waals surface area (Å²) in [5.74, 6) is -0.314. The summed E-state index contributed by atoms with van der Waals surface area (Å²) in [6, 6.07) is 6.67. The van der Waals surface area contributed by atoms with Crippen LogP contribution < -0.4 is 5.43 Å². The van der Waals surface area contributed by atoms with Gasteiger partial charge in [0.25, 0.3) is 0 Å². The number of esters is 1. The average molecular weight is 206 g/mol. The second-order valence-electron chi connectivity index (χ2n) is 3.07. The van der Waals surface area contributed by atoms with Gasteiger partial charge in [-0.1, -0.05) is 12.1 Å². The van der Waals surface area contributed by atoms with E-state index in [1.54, 1.807) is 18.2 Å². The molecule has 15 heavy (non-hydrogen) atoms. The first-order valence-corrected chi connectivity index (χ1v) is 4.55. The molecule has 0 aromatic heterocycles. The Morgan fingerprint density at radius 1 is 1.40 bits per heavy atom. The number of hydrogen-bond acceptors (Lipinski definition) is 5. The quantitative estimate of drug-likeness (QED) is 0.432. The molecular weight excluding hydrogens is 196 g/mol. The van der Waals surface area contributed by atoms with Gasteiger partial charge in [0.15, 0.2) is 0 Å². The number of benzene rings is 1. The monoisotopic (exact) mass is 206 g/mol. The molecule has 2 rings (SSSR count). The maximum absolute atomic E-state index is 11.0. The van der Waals surface area contributed by atoms with Crippen LogP contribution in [0.5, 0.6) is 5.75 Å². The number of ether oxygens (including phenoxy) is 1. The van der Waals surface area contributed by atoms with Gasteiger partial charge in [0.2, 0.25) is 0 Å². The summed E-state index contributed by atoms with van der Waals surface area (Å²) in [5.41, 5.74) is 3.43. The number of hydrazone groups is 1. The Morgan fingerprint density at radius 3 is 2.87 bits per heavy atom. The zero-order chi connectivity index (χ0) is 10.7. The number of para-hydroxylation sites is 2. The summed E-state index contributed by atoms with van der Waals surface area (Å²) < 4.78 is 4.71. The van der Waals surface area contributed by atoms with Crippen LogP contribution >= 0.6 is 0 Å². The number of rotatable bonds is 2. The molecule has 0 radical (unpaired) electrons. The predicted molar refractivity (Wildman–Crippen MR) is 54.7 cm³/mol. The first kappa shape index (κ1) is 9.51. The Kier molecular flexibility index (Phi) is 2.53. The second-order valence-corrected chi connectivity index (χ2v) is 3.07. The molecule has 0 spiro atoms. The third kappa shape index (κ3) is 2.07. The second kappa shape index (κ2) is 4.00. The van der Waals surface area contributed by atoms with Crippen molar-refractivity contribution in [3.05, 3.63) is 24.3 Å². The van der Waals surface area contributed by atoms with Gasteiger partial charge in [-0.25, -0.2) is 4.79 Å². The molecule has 1 saturated heterocycles. The number of carbonyl (C=O) groups excluding carboxylic acids is 1. The van der Waals surface area contributed by atoms with Crippen LogP contribution in [-0.4, -0.2) is 23.4 Å². The van der Waals surface area contributed by atoms with Gasteiger partial charge < -0.3 is 9.84 Å². The molecule has 1 aliphatic rings. The van der Waals surface area contributed by atoms with Crippen LogP contribution in [-0.2, 0) is 9.53 Å². The highest BCUT2D eigenvalue weighted by Gasteiger charge is 2.20. The van der Waals surface area contributed by atoms with Gasteiger partial charge in [-0.05, 0) is 12.1 Å². The van der Waals surface area contributed by atoms with Crippen molar-refractivity contribution in [1.82, 2.24) is 0 Å². The lowest BCUT2D eigenvalue weighted by molar-refractivity contribution is -0.132. The number of aromatic hydroxyl groups is 1. The van der Waals surface area contributed by atoms with E-state index in [1.807, 2.05) is 0 Å². The summed E-state index contributed by atoms with van der Waals surface area (Å²) in [7, 11) is 0. The third-order valence-electron chi connectivity index (χ3n) is 2.02. The van der Waals surface area contributed by atoms with Crippen LogP contribution in [0, 0.1) is 0 Å². The van der Waals surface area contributed by atoms with Crippen molar-refractivity contribution >= 4 is 17.4 Å². The van der Waals surface area contributed by atoms with Crippen molar-refractivity contribution in [2.45, 2.75) is 6.42 Å². The van der Waals surface area contributed by atoms with E-state index in [2.05, 4.69) is 10.5 Å². The standard InChI is InChI=1S/C10H10N2O3/c13-9-4-2-1-3-7(9)11-12-8-5-6-15-10(8)14/h1-4,11,13H,5-6H2. The van der Waals surface area contributed by atoms with E-state index in [-0.39, 0.29) is 5.75 Å². The van der Waals surface area contributed by atoms with Gasteiger partial charge in [0, 0.05) is 6.42 Å². The number of phenols is 1. The molecular formula is C10H10N2O3. The van der Waals surface area contributed by atoms with Crippen LogP contribution in [0.3, 0.4) is 0 Å². The van der Waals surface area contributed by atoms with Gasteiger partial charge in [0.1, 0.15) is 11.5 Å². The molecule has 0 atom stereocenters. The molecule has 2 N–H and O–H groups in total. The molecule has 78 valence electrons. The fourth-order valence-electron chi connectivity index (χ4n) is 1.22. The Bertz CT molecular complexity index is 415. The number of carbonyl (C=O) groups is 1. The van der Waals surface area contributed by atoms with Crippen molar-refractivity contribution in [2.75, 3.05) is 12.0 Å². The van der Waals surface area contributed by atoms with E-state index in [4.69, 9.17) is 4.74 Å². The van der Waals surface area contributed by atoms with Gasteiger partial charge in [-0.15, -0.1) is 0 Å². The number of phenolic OH excluding ortho intramolecular Hbond substituents is 1. The number of cyclic esters (lactones) is 1. The van der Waals surface area contributed by atoms with Crippen molar-refractivity contribution < 1.29 is 14.6 Å². The van der Waals surface area contributed by atoms with E-state index >= 15 is 0 Å². The first-order chi connectivity index (χ1) is 7.27. The van der Waals surface area contributed by atoms with Crippen molar-refractivity contribution in [2.24, 2.45) is 5.10 Å². The lowest BCUT2D eigenvalue weighted by Crippen LogP contribution is -2.08. The van der Waals surface area contributed by atoms with Crippen LogP contribution in [0.2, 0.25) is 0 Å². The SMILES string of the molecule is O=C1OCCC1=NNc1ccccc1O. The van der Waals surface area contributed by atoms with Crippen molar-refractivity contribution in [3.8, 4) is 5.75 Å². The summed E-state index contributed by atoms with van der Waals surface area (Å²) in [6.45, 7) is 0.375. The van der Waals surface area contributed by atoms with Gasteiger partial charge in [0.05, 0.1) is 12.3 Å². The number of nitrogens with zero attached hydrogens (tertiary/aromatic N) is 1. The van der Waals surface area contributed by atoms with Crippen LogP contribution in [0.4, 0.5) is 5.69 Å². The topological polar surface area (TPSA) is 70.9 Å². The summed E-state index contributed by atoms with van der Waals surface area (Å²) in [6.07, 6.45) is 0.499. The van der Waals surface area contributed by atoms with E-state index in [0.717, 1.165) is 0 Å². The Morgan fingerprint density at radius 2 is 2.20 bits per heavy atom. The molecule has 0 unspecified atom stereocenters. The number of anilines is 1. The van der Waals surface area contributed by atoms with Crippen LogP contribution in [0.1, 0.15) is 6.42 Å². The van der Waals surface area contributed by atoms with Crippen molar-refractivity contribution in [3.63, 3.8) is 0 Å². The molecule has 1 aromatic rings. The number of hydrogen-bond donors (Lipinski definition) is 2. The fourth-order valence-corrected chi connectivity index (χ4v) is 1.22. The molecule has 1 aromatic carbocycles. The van der Waals surface area contributed by atoms with E-state index in [9.17, 15) is 9.90 Å². The minimum atomic E-state index is -0.405. The largest absolute Gasteiger partial charge is 0.506 e. The minimum absolute atomic E-state index is 0.0909. The van der Waals surface area contributed by atoms with Crippen LogP contribution in [0.15, 0.2) is 29.4 Å². The van der Waals surface area contributed by atoms with Crippen LogP contribution in [0.25, 0.3) is 0 Å². The molecule has 0 saturated carbocycles. The summed E-state index contributed by atoms with van der Waals surface area (Å²) >= 11 is 0. The van der Waals surface area contributed by atoms with Gasteiger partial charge in [-0.3, -0.25) is 5.43 Å². The zero-order valence-electron chi connectivity index (χ0n) is 7.93. The van der Waals surface area contributed by atoms with E-state index in [1.165, 1.54) is 6.07 Å². The third-order valence-corrected chi connectivity index (χ3v) is 2.02. The molecule has 5 nitrogen and oxygen atoms in total. The molecule has 0 amide bonds. The average Bonchev–Trinajstić information content (AvgIpc) is 2.63. The molecule has 0 aliphatic carbocycles. The van der Waals surface area contributed by atoms with Crippen molar-refractivity contribution in [1.29, 1.82) is 0 Å². The normalized spacial score (nSPS) is 17.9. The molecule has 1 heterocycles. The Balaban J connectivity index is 2.10. The molecule has 0 bridgehead atoms. The van der Waals surface area contributed by atoms with E-state index < -0.39 is 5.97 Å². The lowest BCUT2D eigenvalue weighted by atomic mass is 10.3. The highest BCUT2D eigenvalue weighted by atomic mass is 16.5. The van der Waals surface area contributed by atoms with Gasteiger partial charge in [-0.2, -0.15) is 5.10 Å². The maximum Gasteiger partial charge on any atom is 0.354 e. The Labute approximate surface area is 86.4 Å². The summed E-state index contributed by atoms with van der Waals surface area (Å²) in [5, 5.41) is 13.3. The predicted octanol–water partition coefficient (Wildman–Crippen LogP) is 1.11. The molecule has 1 fully saturated rings. The highest BCUT2D eigenvalue weighted by molar-refractivity contribution is 6.38. The Hall–Kier alpha value is -2.04. The smallest absolute Gasteiger partial charge is 0.354 e. The molecule has 5 heteroatoms. The first-order valence-electron chi connectivity index (χ1n) is 4.55. The fraction of sp³-hybridized carbons (Fsp3) is 0.200. The zero-order valence-corrected chi connectivity index (χ0v) is 7.93. The maximum atomic E-state index is 11.0. The summed E-state index contributed by atoms with van der Waals surface area (Å²) in [4.78, 5) is 11.0. The van der Waals surface area contributed by atoms with E-state index in [0.29, 0.717) is 24.4 Å².